The molecule has 1 fully saturated rings. The number of aromatic nitrogens is 4. The van der Waals surface area contributed by atoms with E-state index in [2.05, 4.69) is 32.9 Å². The SMILES string of the molecule is C=CCCC(=O)Nc1ncnc2c1ncn2[C@@H]1O[C@H](COC(c2ccccc2)(c2ccc(OC)cc2)c2ccc(OC)cc2)[C@@H](OP(O)N(C(C)C)C(C)(C)CCC#N)[C@H]1F. The Kier molecular flexibility index (Phi) is 14.8. The van der Waals surface area contributed by atoms with Crippen molar-refractivity contribution in [3.05, 3.63) is 121 Å². The van der Waals surface area contributed by atoms with E-state index in [1.54, 1.807) is 25.0 Å². The number of carbonyl (C=O) groups is 1. The van der Waals surface area contributed by atoms with Gasteiger partial charge in [0.1, 0.15) is 35.6 Å². The number of carbonyl (C=O) groups excluding carboxylic acids is 1. The van der Waals surface area contributed by atoms with Gasteiger partial charge in [0.25, 0.3) is 8.53 Å². The molecule has 0 spiro atoms. The van der Waals surface area contributed by atoms with Crippen LogP contribution in [0.5, 0.6) is 11.5 Å². The molecule has 1 amide bonds. The molecular weight excluding hydrogens is 801 g/mol. The zero-order chi connectivity index (χ0) is 43.7. The normalized spacial score (nSPS) is 18.6. The number of nitriles is 1. The zero-order valence-corrected chi connectivity index (χ0v) is 36.2. The second kappa shape index (κ2) is 20.0. The number of allylic oxidation sites excluding steroid dienone is 1. The summed E-state index contributed by atoms with van der Waals surface area (Å²) >= 11 is 0. The average Bonchev–Trinajstić information content (AvgIpc) is 3.83. The van der Waals surface area contributed by atoms with Gasteiger partial charge in [0.15, 0.2) is 29.4 Å². The van der Waals surface area contributed by atoms with E-state index in [-0.39, 0.29) is 48.4 Å². The molecule has 1 unspecified atom stereocenters. The number of halogens is 1. The standard InChI is InChI=1S/C45H53FN7O7P/c1-8-9-16-37(54)51-41-39-42(49-28-48-41)52(29-50-39)43-38(46)40(60-61(55)53(30(2)3)44(4,5)25-13-26-47)36(59-43)27-58-45(31-14-11-10-12-15-31,32-17-21-34(56-6)22-18-32)33-19-23-35(57-7)24-20-33/h8,10-12,14-15,17-24,28-30,36,38,40,43,55H,1,9,13,16,25,27H2,2-7H3,(H,48,49,51,54)/t36-,38-,40-,43-,61?/m1/s1. The van der Waals surface area contributed by atoms with Gasteiger partial charge in [-0.25, -0.2) is 24.0 Å². The molecule has 6 rings (SSSR count). The highest BCUT2D eigenvalue weighted by molar-refractivity contribution is 7.43. The number of ether oxygens (including phenoxy) is 4. The molecule has 3 heterocycles. The molecule has 1 saturated heterocycles. The van der Waals surface area contributed by atoms with E-state index in [9.17, 15) is 14.9 Å². The number of benzene rings is 3. The molecule has 0 bridgehead atoms. The van der Waals surface area contributed by atoms with Gasteiger partial charge in [-0.1, -0.05) is 60.7 Å². The Morgan fingerprint density at radius 1 is 1.03 bits per heavy atom. The van der Waals surface area contributed by atoms with Gasteiger partial charge in [-0.3, -0.25) is 9.36 Å². The topological polar surface area (TPSA) is 166 Å². The fourth-order valence-electron chi connectivity index (χ4n) is 7.78. The summed E-state index contributed by atoms with van der Waals surface area (Å²) in [6.45, 7) is 11.1. The quantitative estimate of drug-likeness (QED) is 0.0437. The molecule has 61 heavy (non-hydrogen) atoms. The number of hydrogen-bond acceptors (Lipinski definition) is 12. The molecule has 322 valence electrons. The second-order valence-electron chi connectivity index (χ2n) is 15.5. The number of methoxy groups -OCH3 is 2. The van der Waals surface area contributed by atoms with Crippen LogP contribution in [0.2, 0.25) is 0 Å². The first-order chi connectivity index (χ1) is 29.4. The van der Waals surface area contributed by atoms with Gasteiger partial charge in [-0.2, -0.15) is 5.26 Å². The van der Waals surface area contributed by atoms with Crippen LogP contribution in [0.3, 0.4) is 0 Å². The summed E-state index contributed by atoms with van der Waals surface area (Å²) in [5.41, 5.74) is 0.771. The summed E-state index contributed by atoms with van der Waals surface area (Å²) in [5.74, 6) is 1.17. The van der Waals surface area contributed by atoms with Crippen LogP contribution in [0.4, 0.5) is 10.2 Å². The molecule has 5 aromatic rings. The van der Waals surface area contributed by atoms with Crippen molar-refractivity contribution in [2.24, 2.45) is 0 Å². The molecule has 1 aliphatic rings. The average molecular weight is 854 g/mol. The van der Waals surface area contributed by atoms with Gasteiger partial charge >= 0.3 is 0 Å². The lowest BCUT2D eigenvalue weighted by Crippen LogP contribution is -2.46. The number of alkyl halides is 1. The number of hydrogen-bond donors (Lipinski definition) is 2. The fraction of sp³-hybridized carbons (Fsp3) is 0.400. The minimum atomic E-state index is -2.45. The number of rotatable bonds is 20. The smallest absolute Gasteiger partial charge is 0.257 e. The number of nitrogens with one attached hydrogen (secondary N) is 1. The van der Waals surface area contributed by atoms with Crippen LogP contribution < -0.4 is 14.8 Å². The summed E-state index contributed by atoms with van der Waals surface area (Å²) in [4.78, 5) is 37.7. The molecular formula is C45H53FN7O7P. The van der Waals surface area contributed by atoms with Crippen LogP contribution in [0.15, 0.2) is 104 Å². The fourth-order valence-corrected chi connectivity index (χ4v) is 9.31. The maximum Gasteiger partial charge on any atom is 0.257 e. The van der Waals surface area contributed by atoms with E-state index >= 15 is 4.39 Å². The minimum Gasteiger partial charge on any atom is -0.497 e. The first-order valence-corrected chi connectivity index (χ1v) is 21.2. The van der Waals surface area contributed by atoms with E-state index in [1.807, 2.05) is 107 Å². The van der Waals surface area contributed by atoms with E-state index < -0.39 is 44.3 Å². The lowest BCUT2D eigenvalue weighted by atomic mass is 9.80. The molecule has 0 radical (unpaired) electrons. The number of amides is 1. The molecule has 5 atom stereocenters. The Morgan fingerprint density at radius 2 is 1.66 bits per heavy atom. The van der Waals surface area contributed by atoms with Crippen LogP contribution in [0, 0.1) is 11.3 Å². The van der Waals surface area contributed by atoms with E-state index in [0.717, 1.165) is 16.7 Å². The Balaban J connectivity index is 1.43. The first kappa shape index (κ1) is 45.2. The predicted molar refractivity (Wildman–Crippen MR) is 230 cm³/mol. The highest BCUT2D eigenvalue weighted by Crippen LogP contribution is 2.51. The van der Waals surface area contributed by atoms with E-state index in [1.165, 1.54) is 17.2 Å². The second-order valence-corrected chi connectivity index (χ2v) is 16.6. The number of fused-ring (bicyclic) bond motifs is 1. The van der Waals surface area contributed by atoms with Crippen molar-refractivity contribution in [1.82, 2.24) is 24.2 Å². The lowest BCUT2D eigenvalue weighted by Gasteiger charge is -2.43. The van der Waals surface area contributed by atoms with Crippen molar-refractivity contribution in [2.45, 2.75) is 95.2 Å². The highest BCUT2D eigenvalue weighted by Gasteiger charge is 2.52. The van der Waals surface area contributed by atoms with Gasteiger partial charge < -0.3 is 33.7 Å². The maximum atomic E-state index is 17.5. The van der Waals surface area contributed by atoms with Crippen LogP contribution in [0.25, 0.3) is 11.2 Å². The summed E-state index contributed by atoms with van der Waals surface area (Å²) in [6.07, 6.45) is -0.0668. The number of nitrogens with zero attached hydrogens (tertiary/aromatic N) is 6. The molecule has 2 N–H and O–H groups in total. The molecule has 1 aliphatic heterocycles. The summed E-state index contributed by atoms with van der Waals surface area (Å²) in [5, 5.41) is 12.2. The van der Waals surface area contributed by atoms with Crippen molar-refractivity contribution in [1.29, 1.82) is 5.26 Å². The van der Waals surface area contributed by atoms with Crippen LogP contribution in [0.1, 0.15) is 76.3 Å². The molecule has 3 aromatic carbocycles. The third-order valence-corrected chi connectivity index (χ3v) is 12.5. The molecule has 0 saturated carbocycles. The van der Waals surface area contributed by atoms with Crippen molar-refractivity contribution < 1.29 is 37.5 Å². The van der Waals surface area contributed by atoms with E-state index in [0.29, 0.717) is 24.3 Å². The van der Waals surface area contributed by atoms with Gasteiger partial charge in [-0.15, -0.1) is 6.58 Å². The van der Waals surface area contributed by atoms with E-state index in [4.69, 9.17) is 23.5 Å². The highest BCUT2D eigenvalue weighted by atomic mass is 31.2. The Morgan fingerprint density at radius 3 is 2.23 bits per heavy atom. The summed E-state index contributed by atoms with van der Waals surface area (Å²) in [7, 11) is 0.742. The van der Waals surface area contributed by atoms with Crippen molar-refractivity contribution in [2.75, 3.05) is 26.1 Å². The largest absolute Gasteiger partial charge is 0.497 e. The van der Waals surface area contributed by atoms with Gasteiger partial charge in [0.2, 0.25) is 5.91 Å². The lowest BCUT2D eigenvalue weighted by molar-refractivity contribution is -0.116. The Labute approximate surface area is 357 Å². The van der Waals surface area contributed by atoms with Gasteiger partial charge in [0.05, 0.1) is 33.2 Å². The first-order valence-electron chi connectivity index (χ1n) is 20.1. The maximum absolute atomic E-state index is 17.5. The number of anilines is 1. The van der Waals surface area contributed by atoms with Gasteiger partial charge in [-0.05, 0) is 81.5 Å². The third-order valence-electron chi connectivity index (χ3n) is 10.7. The summed E-state index contributed by atoms with van der Waals surface area (Å²) < 4.78 is 51.9. The predicted octanol–water partition coefficient (Wildman–Crippen LogP) is 8.39. The summed E-state index contributed by atoms with van der Waals surface area (Å²) in [6, 6.07) is 26.7. The van der Waals surface area contributed by atoms with Crippen LogP contribution >= 0.6 is 8.53 Å². The minimum absolute atomic E-state index is 0.164. The molecule has 2 aromatic heterocycles. The Bertz CT molecular complexity index is 2220. The van der Waals surface area contributed by atoms with Gasteiger partial charge in [0, 0.05) is 24.4 Å². The van der Waals surface area contributed by atoms with Crippen molar-refractivity contribution >= 4 is 31.4 Å². The molecule has 0 aliphatic carbocycles. The van der Waals surface area contributed by atoms with Crippen molar-refractivity contribution in [3.63, 3.8) is 0 Å². The molecule has 16 heteroatoms. The monoisotopic (exact) mass is 853 g/mol. The van der Waals surface area contributed by atoms with Crippen molar-refractivity contribution in [3.8, 4) is 17.6 Å². The molecule has 14 nitrogen and oxygen atoms in total. The zero-order valence-electron chi connectivity index (χ0n) is 35.3. The van der Waals surface area contributed by atoms with Crippen LogP contribution in [-0.4, -0.2) is 85.8 Å². The Hall–Kier alpha value is -5.33. The third kappa shape index (κ3) is 9.76. The number of imidazole rings is 1. The van der Waals surface area contributed by atoms with Crippen LogP contribution in [-0.2, 0) is 24.4 Å².